The van der Waals surface area contributed by atoms with Crippen molar-refractivity contribution in [1.82, 2.24) is 52.8 Å². The van der Waals surface area contributed by atoms with Gasteiger partial charge in [-0.25, -0.2) is 14.4 Å². The maximum absolute atomic E-state index is 14.4. The number of amides is 9. The normalized spacial score (nSPS) is 18.5. The molecule has 2 aliphatic heterocycles. The molecule has 0 aromatic heterocycles. The van der Waals surface area contributed by atoms with Crippen LogP contribution in [0.3, 0.4) is 0 Å². The fourth-order valence-corrected chi connectivity index (χ4v) is 9.68. The number of aliphatic carboxylic acids is 1. The van der Waals surface area contributed by atoms with Crippen molar-refractivity contribution < 1.29 is 68.0 Å². The van der Waals surface area contributed by atoms with E-state index in [9.17, 15) is 63.3 Å². The number of ether oxygens (including phenoxy) is 1. The molecule has 0 aliphatic carbocycles. The molecule has 27 nitrogen and oxygen atoms in total. The Morgan fingerprint density at radius 3 is 1.86 bits per heavy atom. The summed E-state index contributed by atoms with van der Waals surface area (Å²) < 4.78 is 4.88. The molecule has 2 fully saturated rings. The number of carbonyl (C=O) groups excluding carboxylic acids is 9. The Morgan fingerprint density at radius 1 is 0.792 bits per heavy atom. The lowest BCUT2D eigenvalue weighted by atomic mass is 10.1. The van der Waals surface area contributed by atoms with Crippen molar-refractivity contribution in [2.24, 2.45) is 16.5 Å². The van der Waals surface area contributed by atoms with Crippen molar-refractivity contribution in [3.05, 3.63) is 71.2 Å². The number of benzene rings is 1. The van der Waals surface area contributed by atoms with Crippen molar-refractivity contribution >= 4 is 88.8 Å². The second kappa shape index (κ2) is 33.1. The molecule has 0 spiro atoms. The van der Waals surface area contributed by atoms with E-state index >= 15 is 0 Å². The molecule has 2 saturated heterocycles. The SMILES string of the molecule is C/C=C(\NC(=O)N[C@@H](Cc1ccccc1)C(=O)O)C(=O)N[C@@H](CO)C(=O)N/C(=C\C)C(=O)N[C@@H](CO)C(=O)N/C(=C\C)C(=O)N[C@@H](CCCN=C(N)N)C(=O)N1CCC[C@H]1[C@H]1NC(C(=O)N[C@@H](CCSC)C(=O)OC)CS1. The predicted molar refractivity (Wildman–Crippen MR) is 286 cm³/mol. The molecule has 29 heteroatoms. The average molecular weight is 1120 g/mol. The number of urea groups is 1. The van der Waals surface area contributed by atoms with E-state index in [0.717, 1.165) is 12.2 Å². The number of allylic oxidation sites excluding steroid dienone is 3. The Kier molecular flexibility index (Phi) is 27.5. The Morgan fingerprint density at radius 2 is 1.35 bits per heavy atom. The number of aliphatic hydroxyl groups is 2. The van der Waals surface area contributed by atoms with Gasteiger partial charge in [-0.3, -0.25) is 43.9 Å². The first-order valence-corrected chi connectivity index (χ1v) is 26.9. The van der Waals surface area contributed by atoms with Gasteiger partial charge in [-0.05, 0) is 70.4 Å². The first kappa shape index (κ1) is 64.1. The molecule has 2 aliphatic rings. The number of thioether (sulfide) groups is 2. The Bertz CT molecular complexity index is 2390. The van der Waals surface area contributed by atoms with Crippen LogP contribution >= 0.6 is 23.5 Å². The molecule has 9 amide bonds. The average Bonchev–Trinajstić information content (AvgIpc) is 4.12. The molecular formula is C48H71N13O14S2. The van der Waals surface area contributed by atoms with Gasteiger partial charge >= 0.3 is 18.0 Å². The maximum Gasteiger partial charge on any atom is 0.328 e. The number of rotatable bonds is 29. The highest BCUT2D eigenvalue weighted by atomic mass is 32.2. The Hall–Kier alpha value is -7.21. The van der Waals surface area contributed by atoms with Crippen LogP contribution in [0.25, 0.3) is 0 Å². The van der Waals surface area contributed by atoms with Crippen molar-refractivity contribution in [3.63, 3.8) is 0 Å². The zero-order valence-corrected chi connectivity index (χ0v) is 45.1. The molecule has 8 atom stereocenters. The summed E-state index contributed by atoms with van der Waals surface area (Å²) in [7, 11) is 1.25. The molecule has 77 heavy (non-hydrogen) atoms. The quantitative estimate of drug-likeness (QED) is 0.0124. The van der Waals surface area contributed by atoms with Gasteiger partial charge in [0.2, 0.25) is 23.6 Å². The van der Waals surface area contributed by atoms with Crippen LogP contribution in [0.1, 0.15) is 58.4 Å². The molecule has 16 N–H and O–H groups in total. The molecule has 0 saturated carbocycles. The highest BCUT2D eigenvalue weighted by Gasteiger charge is 2.43. The summed E-state index contributed by atoms with van der Waals surface area (Å²) in [6.07, 6.45) is 7.16. The number of hydrogen-bond acceptors (Lipinski definition) is 17. The number of esters is 1. The summed E-state index contributed by atoms with van der Waals surface area (Å²) in [4.78, 5) is 137. The highest BCUT2D eigenvalue weighted by Crippen LogP contribution is 2.31. The van der Waals surface area contributed by atoms with Crippen molar-refractivity contribution in [2.45, 2.75) is 107 Å². The Balaban J connectivity index is 1.65. The predicted octanol–water partition coefficient (Wildman–Crippen LogP) is -3.15. The summed E-state index contributed by atoms with van der Waals surface area (Å²) in [5.41, 5.74) is 10.3. The summed E-state index contributed by atoms with van der Waals surface area (Å²) in [5, 5.41) is 51.7. The van der Waals surface area contributed by atoms with Crippen LogP contribution in [-0.4, -0.2) is 184 Å². The summed E-state index contributed by atoms with van der Waals surface area (Å²) in [6, 6.07) is -0.521. The summed E-state index contributed by atoms with van der Waals surface area (Å²) >= 11 is 2.96. The van der Waals surface area contributed by atoms with E-state index in [1.54, 1.807) is 35.2 Å². The van der Waals surface area contributed by atoms with Gasteiger partial charge in [-0.15, -0.1) is 11.8 Å². The molecule has 1 unspecified atom stereocenters. The smallest absolute Gasteiger partial charge is 0.328 e. The molecular weight excluding hydrogens is 1050 g/mol. The van der Waals surface area contributed by atoms with E-state index in [4.69, 9.17) is 16.2 Å². The second-order valence-corrected chi connectivity index (χ2v) is 19.4. The van der Waals surface area contributed by atoms with Gasteiger partial charge < -0.3 is 79.0 Å². The standard InChI is InChI=1S/C48H71N13O14S2/c1-6-27(37(64)54-30(16-12-19-51-47(49)50)44(70)61-20-13-17-36(61)43-58-35(25-77-43)42(69)55-31(18-21-76-5)46(73)75-4)52-40(67)33(23-62)56-38(65)28(7-2)53-41(68)34(24-63)57-39(66)29(8-3)59-48(74)60-32(45(71)72)22-26-14-10-9-11-15-26/h6-11,14-15,30-36,43,58,62-63H,12-13,16-25H2,1-5H3,(H,52,67)(H,53,68)(H,54,64)(H,55,69)(H,56,65)(H,57,66)(H,71,72)(H4,49,50,51)(H2,59,60,74)/b27-6-,28-7-,29-8-/t30-,31-,32-,33-,34-,35?,36-,43-/m0/s1. The lowest BCUT2D eigenvalue weighted by Crippen LogP contribution is -2.56. The number of likely N-dealkylation sites (tertiary alicyclic amines) is 1. The van der Waals surface area contributed by atoms with Crippen LogP contribution in [0.4, 0.5) is 4.79 Å². The number of carbonyl (C=O) groups is 10. The van der Waals surface area contributed by atoms with Gasteiger partial charge in [0.15, 0.2) is 5.96 Å². The van der Waals surface area contributed by atoms with Crippen LogP contribution in [0.2, 0.25) is 0 Å². The first-order chi connectivity index (χ1) is 36.7. The number of carboxylic acids is 1. The fraction of sp³-hybridized carbons (Fsp3) is 0.521. The number of nitrogens with zero attached hydrogens (tertiary/aromatic N) is 2. The minimum atomic E-state index is -1.74. The fourth-order valence-electron chi connectivity index (χ4n) is 7.79. The topological polar surface area (TPSA) is 417 Å². The molecule has 0 bridgehead atoms. The van der Waals surface area contributed by atoms with Crippen LogP contribution in [0.5, 0.6) is 0 Å². The van der Waals surface area contributed by atoms with E-state index in [2.05, 4.69) is 52.8 Å². The number of guanidine groups is 1. The molecule has 1 aromatic carbocycles. The zero-order chi connectivity index (χ0) is 57.2. The van der Waals surface area contributed by atoms with E-state index in [0.29, 0.717) is 42.9 Å². The number of hydrogen-bond donors (Lipinski definition) is 14. The van der Waals surface area contributed by atoms with E-state index < -0.39 is 120 Å². The third-order valence-electron chi connectivity index (χ3n) is 11.9. The van der Waals surface area contributed by atoms with Gasteiger partial charge in [-0.1, -0.05) is 48.6 Å². The van der Waals surface area contributed by atoms with Gasteiger partial charge in [-0.2, -0.15) is 11.8 Å². The van der Waals surface area contributed by atoms with E-state index in [-0.39, 0.29) is 48.7 Å². The number of aliphatic hydroxyl groups excluding tert-OH is 2. The van der Waals surface area contributed by atoms with Crippen LogP contribution in [0, 0.1) is 0 Å². The second-order valence-electron chi connectivity index (χ2n) is 17.2. The molecule has 2 heterocycles. The monoisotopic (exact) mass is 1120 g/mol. The number of methoxy groups -OCH3 is 1. The molecule has 0 radical (unpaired) electrons. The summed E-state index contributed by atoms with van der Waals surface area (Å²) in [6.45, 7) is 2.53. The highest BCUT2D eigenvalue weighted by molar-refractivity contribution is 8.00. The van der Waals surface area contributed by atoms with Gasteiger partial charge in [0.1, 0.15) is 47.3 Å². The van der Waals surface area contributed by atoms with Crippen molar-refractivity contribution in [2.75, 3.05) is 51.2 Å². The maximum atomic E-state index is 14.4. The van der Waals surface area contributed by atoms with Gasteiger partial charge in [0.25, 0.3) is 17.7 Å². The van der Waals surface area contributed by atoms with Crippen molar-refractivity contribution in [1.29, 1.82) is 0 Å². The lowest BCUT2D eigenvalue weighted by molar-refractivity contribution is -0.145. The zero-order valence-electron chi connectivity index (χ0n) is 43.4. The summed E-state index contributed by atoms with van der Waals surface area (Å²) in [5.74, 6) is -7.28. The Labute approximate surface area is 453 Å². The minimum Gasteiger partial charge on any atom is -0.480 e. The number of nitrogens with two attached hydrogens (primary N) is 2. The third-order valence-corrected chi connectivity index (χ3v) is 13.9. The number of nitrogens with one attached hydrogen (secondary N) is 9. The minimum absolute atomic E-state index is 0.0554. The molecule has 1 aromatic rings. The van der Waals surface area contributed by atoms with Crippen LogP contribution < -0.4 is 59.3 Å². The first-order valence-electron chi connectivity index (χ1n) is 24.5. The largest absolute Gasteiger partial charge is 0.480 e. The van der Waals surface area contributed by atoms with E-state index in [1.807, 2.05) is 6.26 Å². The molecule has 424 valence electrons. The van der Waals surface area contributed by atoms with E-state index in [1.165, 1.54) is 57.5 Å². The van der Waals surface area contributed by atoms with Crippen LogP contribution in [0.15, 0.2) is 70.6 Å². The van der Waals surface area contributed by atoms with Crippen LogP contribution in [-0.2, 0) is 54.3 Å². The van der Waals surface area contributed by atoms with Gasteiger partial charge in [0.05, 0.1) is 37.8 Å². The van der Waals surface area contributed by atoms with Crippen molar-refractivity contribution in [3.8, 4) is 0 Å². The number of aliphatic imine (C=N–C) groups is 1. The molecule has 3 rings (SSSR count). The van der Waals surface area contributed by atoms with Gasteiger partial charge in [0, 0.05) is 25.3 Å². The lowest BCUT2D eigenvalue weighted by Gasteiger charge is -2.32. The third kappa shape index (κ3) is 20.4. The number of carboxylic acid groups (broad SMARTS) is 1.